The Kier molecular flexibility index (Phi) is 8.35. The molecule has 0 bridgehead atoms. The number of carboxylic acid groups (broad SMARTS) is 1. The number of ether oxygens (including phenoxy) is 1. The monoisotopic (exact) mass is 645 g/mol. The lowest BCUT2D eigenvalue weighted by Crippen LogP contribution is -2.03. The predicted octanol–water partition coefficient (Wildman–Crippen LogP) is 5.47. The Balaban J connectivity index is 1.73. The normalized spacial score (nSPS) is 10.8. The second kappa shape index (κ2) is 11.0. The summed E-state index contributed by atoms with van der Waals surface area (Å²) >= 11 is 4.48. The number of aliphatic carboxylic acids is 1. The molecule has 3 aromatic rings. The minimum absolute atomic E-state index is 0.166. The van der Waals surface area contributed by atoms with E-state index < -0.39 is 5.97 Å². The van der Waals surface area contributed by atoms with Crippen LogP contribution in [-0.4, -0.2) is 21.2 Å². The van der Waals surface area contributed by atoms with E-state index in [1.54, 1.807) is 30.5 Å². The van der Waals surface area contributed by atoms with Crippen LogP contribution < -0.4 is 10.3 Å². The van der Waals surface area contributed by atoms with Gasteiger partial charge in [-0.15, -0.1) is 0 Å². The van der Waals surface area contributed by atoms with Crippen molar-refractivity contribution in [3.05, 3.63) is 82.8 Å². The molecule has 0 aliphatic rings. The molecule has 0 atom stereocenters. The number of rotatable bonds is 9. The molecule has 0 aliphatic carbocycles. The van der Waals surface area contributed by atoms with Gasteiger partial charge in [-0.05, 0) is 106 Å². The average molecular weight is 645 g/mol. The van der Waals surface area contributed by atoms with Crippen molar-refractivity contribution in [1.82, 2.24) is 4.98 Å². The number of benzene rings is 2. The molecule has 1 aromatic heterocycles. The van der Waals surface area contributed by atoms with Crippen LogP contribution in [0.3, 0.4) is 0 Å². The molecule has 0 fully saturated rings. The predicted molar refractivity (Wildman–Crippen MR) is 135 cm³/mol. The lowest BCUT2D eigenvalue weighted by molar-refractivity contribution is -0.137. The number of halogens is 2. The molecule has 0 spiro atoms. The number of aryl methyl sites for hydroxylation is 1. The Morgan fingerprint density at radius 1 is 1.00 bits per heavy atom. The van der Waals surface area contributed by atoms with Gasteiger partial charge in [-0.3, -0.25) is 9.59 Å². The standard InChI is InChI=1S/C23H21I2NO5/c24-18-10-14(3-1-2-4-22(29)30)11-19(25)23(18)31-17-6-7-20(27)16(12-17)9-15-5-8-21(28)26-13-15/h5-8,10-13,27H,1-4,9H2,(H,26,28)(H,29,30). The molecular weight excluding hydrogens is 624 g/mol. The van der Waals surface area contributed by atoms with E-state index in [4.69, 9.17) is 9.84 Å². The number of hydrogen-bond acceptors (Lipinski definition) is 4. The van der Waals surface area contributed by atoms with E-state index in [-0.39, 0.29) is 17.7 Å². The van der Waals surface area contributed by atoms with Crippen molar-refractivity contribution in [2.75, 3.05) is 0 Å². The van der Waals surface area contributed by atoms with Crippen LogP contribution >= 0.6 is 45.2 Å². The van der Waals surface area contributed by atoms with Gasteiger partial charge >= 0.3 is 5.97 Å². The molecule has 0 saturated heterocycles. The van der Waals surface area contributed by atoms with Gasteiger partial charge in [0.2, 0.25) is 5.56 Å². The number of pyridine rings is 1. The SMILES string of the molecule is O=C(O)CCCCc1cc(I)c(Oc2ccc(O)c(Cc3ccc(=O)[nH]c3)c2)c(I)c1. The molecule has 3 N–H and O–H groups in total. The number of aromatic amines is 1. The molecule has 162 valence electrons. The number of carboxylic acids is 1. The third-order valence-electron chi connectivity index (χ3n) is 4.68. The van der Waals surface area contributed by atoms with Crippen LogP contribution in [0.1, 0.15) is 36.0 Å². The van der Waals surface area contributed by atoms with E-state index in [0.29, 0.717) is 24.2 Å². The molecule has 2 aromatic carbocycles. The first-order chi connectivity index (χ1) is 14.8. The number of phenolic OH excluding ortho intramolecular Hbond substituents is 1. The van der Waals surface area contributed by atoms with Gasteiger partial charge in [0.05, 0.1) is 7.14 Å². The molecule has 1 heterocycles. The van der Waals surface area contributed by atoms with Gasteiger partial charge in [-0.25, -0.2) is 0 Å². The highest BCUT2D eigenvalue weighted by Gasteiger charge is 2.12. The smallest absolute Gasteiger partial charge is 0.303 e. The highest BCUT2D eigenvalue weighted by molar-refractivity contribution is 14.1. The van der Waals surface area contributed by atoms with Crippen LogP contribution in [0, 0.1) is 7.14 Å². The maximum Gasteiger partial charge on any atom is 0.303 e. The number of aromatic hydroxyl groups is 1. The first kappa shape index (κ1) is 23.6. The van der Waals surface area contributed by atoms with Crippen LogP contribution in [0.4, 0.5) is 0 Å². The molecule has 0 aliphatic heterocycles. The van der Waals surface area contributed by atoms with E-state index in [9.17, 15) is 14.7 Å². The second-order valence-corrected chi connectivity index (χ2v) is 9.44. The summed E-state index contributed by atoms with van der Waals surface area (Å²) < 4.78 is 8.07. The zero-order chi connectivity index (χ0) is 22.4. The number of unbranched alkanes of at least 4 members (excludes halogenated alkanes) is 1. The van der Waals surface area contributed by atoms with Gasteiger partial charge < -0.3 is 19.9 Å². The minimum Gasteiger partial charge on any atom is -0.508 e. The zero-order valence-corrected chi connectivity index (χ0v) is 20.8. The summed E-state index contributed by atoms with van der Waals surface area (Å²) in [7, 11) is 0. The average Bonchev–Trinajstić information content (AvgIpc) is 2.72. The molecule has 31 heavy (non-hydrogen) atoms. The maximum atomic E-state index is 11.2. The van der Waals surface area contributed by atoms with Crippen molar-refractivity contribution in [1.29, 1.82) is 0 Å². The van der Waals surface area contributed by atoms with Crippen molar-refractivity contribution in [3.63, 3.8) is 0 Å². The third-order valence-corrected chi connectivity index (χ3v) is 6.28. The van der Waals surface area contributed by atoms with Crippen LogP contribution in [-0.2, 0) is 17.6 Å². The van der Waals surface area contributed by atoms with Gasteiger partial charge in [-0.1, -0.05) is 6.07 Å². The Hall–Kier alpha value is -2.08. The van der Waals surface area contributed by atoms with Gasteiger partial charge in [0.25, 0.3) is 0 Å². The number of carbonyl (C=O) groups is 1. The molecule has 8 heteroatoms. The number of hydrogen-bond donors (Lipinski definition) is 3. The quantitative estimate of drug-likeness (QED) is 0.212. The lowest BCUT2D eigenvalue weighted by Gasteiger charge is -2.14. The Morgan fingerprint density at radius 3 is 2.39 bits per heavy atom. The van der Waals surface area contributed by atoms with Crippen molar-refractivity contribution >= 4 is 51.2 Å². The van der Waals surface area contributed by atoms with Crippen molar-refractivity contribution in [3.8, 4) is 17.2 Å². The number of aromatic nitrogens is 1. The first-order valence-corrected chi connectivity index (χ1v) is 11.8. The van der Waals surface area contributed by atoms with Crippen LogP contribution in [0.2, 0.25) is 0 Å². The van der Waals surface area contributed by atoms with E-state index in [0.717, 1.165) is 36.9 Å². The molecule has 3 rings (SSSR count). The van der Waals surface area contributed by atoms with Crippen molar-refractivity contribution in [2.24, 2.45) is 0 Å². The van der Waals surface area contributed by atoms with Crippen molar-refractivity contribution in [2.45, 2.75) is 32.1 Å². The topological polar surface area (TPSA) is 99.6 Å². The summed E-state index contributed by atoms with van der Waals surface area (Å²) in [5.41, 5.74) is 2.56. The van der Waals surface area contributed by atoms with Crippen molar-refractivity contribution < 1.29 is 19.7 Å². The lowest BCUT2D eigenvalue weighted by atomic mass is 10.1. The fourth-order valence-corrected chi connectivity index (χ4v) is 5.23. The summed E-state index contributed by atoms with van der Waals surface area (Å²) in [5.74, 6) is 0.764. The molecule has 0 unspecified atom stereocenters. The highest BCUT2D eigenvalue weighted by atomic mass is 127. The molecule has 0 radical (unpaired) electrons. The Labute approximate surface area is 207 Å². The van der Waals surface area contributed by atoms with E-state index in [1.165, 1.54) is 6.07 Å². The maximum absolute atomic E-state index is 11.2. The fraction of sp³-hybridized carbons (Fsp3) is 0.217. The van der Waals surface area contributed by atoms with Gasteiger partial charge in [0.15, 0.2) is 5.75 Å². The molecular formula is C23H21I2NO5. The minimum atomic E-state index is -0.762. The first-order valence-electron chi connectivity index (χ1n) is 9.69. The third kappa shape index (κ3) is 6.96. The largest absolute Gasteiger partial charge is 0.508 e. The molecule has 0 saturated carbocycles. The number of phenols is 1. The molecule has 0 amide bonds. The second-order valence-electron chi connectivity index (χ2n) is 7.12. The summed E-state index contributed by atoms with van der Waals surface area (Å²) in [6.07, 6.45) is 4.59. The van der Waals surface area contributed by atoms with Crippen LogP contribution in [0.5, 0.6) is 17.2 Å². The van der Waals surface area contributed by atoms with Crippen LogP contribution in [0.15, 0.2) is 53.5 Å². The summed E-state index contributed by atoms with van der Waals surface area (Å²) in [6.45, 7) is 0. The van der Waals surface area contributed by atoms with Crippen LogP contribution in [0.25, 0.3) is 0 Å². The molecule has 6 nitrogen and oxygen atoms in total. The Bertz CT molecular complexity index is 1100. The summed E-state index contributed by atoms with van der Waals surface area (Å²) in [4.78, 5) is 24.5. The van der Waals surface area contributed by atoms with E-state index in [1.807, 2.05) is 0 Å². The van der Waals surface area contributed by atoms with E-state index in [2.05, 4.69) is 62.3 Å². The fourth-order valence-electron chi connectivity index (χ4n) is 3.12. The highest BCUT2D eigenvalue weighted by Crippen LogP contribution is 2.35. The van der Waals surface area contributed by atoms with Gasteiger partial charge in [0, 0.05) is 30.7 Å². The Morgan fingerprint density at radius 2 is 1.74 bits per heavy atom. The number of H-pyrrole nitrogens is 1. The van der Waals surface area contributed by atoms with E-state index >= 15 is 0 Å². The number of nitrogens with one attached hydrogen (secondary N) is 1. The zero-order valence-electron chi connectivity index (χ0n) is 16.5. The van der Waals surface area contributed by atoms with Gasteiger partial charge in [-0.2, -0.15) is 0 Å². The van der Waals surface area contributed by atoms with Gasteiger partial charge in [0.1, 0.15) is 11.5 Å². The summed E-state index contributed by atoms with van der Waals surface area (Å²) in [6, 6.07) is 12.4. The summed E-state index contributed by atoms with van der Waals surface area (Å²) in [5, 5.41) is 19.0.